The summed E-state index contributed by atoms with van der Waals surface area (Å²) < 4.78 is 60.8. The van der Waals surface area contributed by atoms with Gasteiger partial charge in [-0.1, -0.05) is 37.1 Å². The van der Waals surface area contributed by atoms with Gasteiger partial charge in [-0.05, 0) is 51.0 Å². The molecular weight excluding hydrogens is 401 g/mol. The molecule has 0 N–H and O–H groups in total. The maximum absolute atomic E-state index is 12.4. The van der Waals surface area contributed by atoms with E-state index < -0.39 is 21.7 Å². The van der Waals surface area contributed by atoms with Crippen molar-refractivity contribution in [3.8, 4) is 5.69 Å². The minimum Gasteiger partial charge on any atom is -0.306 e. The van der Waals surface area contributed by atoms with Gasteiger partial charge in [0, 0.05) is 18.1 Å². The number of hydrogen-bond donors (Lipinski definition) is 0. The molecule has 1 aliphatic carbocycles. The van der Waals surface area contributed by atoms with Crippen molar-refractivity contribution in [3.63, 3.8) is 0 Å². The van der Waals surface area contributed by atoms with Crippen LogP contribution in [0.1, 0.15) is 46.2 Å². The standard InChI is InChI=1S/C11H9F3N2O2S.C8H12.C2H6/c1-19(17,18)9-4-2-8(3-5-9)16-6-10(15-7-16)11(12,13)14;1-7-3-5-8(2)6-4-7;1-2/h2-7H,1H3;3,5H,4,6H2,1-2H3;1-2H3. The fourth-order valence-corrected chi connectivity index (χ4v) is 2.95. The van der Waals surface area contributed by atoms with E-state index in [-0.39, 0.29) is 4.90 Å². The quantitative estimate of drug-likeness (QED) is 0.590. The van der Waals surface area contributed by atoms with Gasteiger partial charge in [-0.3, -0.25) is 0 Å². The Hall–Kier alpha value is -2.35. The summed E-state index contributed by atoms with van der Waals surface area (Å²) >= 11 is 0. The van der Waals surface area contributed by atoms with E-state index in [1.54, 1.807) is 0 Å². The Morgan fingerprint density at radius 3 is 1.79 bits per heavy atom. The molecule has 1 heterocycles. The molecule has 0 unspecified atom stereocenters. The molecule has 4 nitrogen and oxygen atoms in total. The van der Waals surface area contributed by atoms with Crippen molar-refractivity contribution in [1.82, 2.24) is 9.55 Å². The highest BCUT2D eigenvalue weighted by Gasteiger charge is 2.33. The second-order valence-corrected chi connectivity index (χ2v) is 8.47. The maximum Gasteiger partial charge on any atom is 0.434 e. The van der Waals surface area contributed by atoms with Gasteiger partial charge in [0.2, 0.25) is 0 Å². The Morgan fingerprint density at radius 2 is 1.45 bits per heavy atom. The highest BCUT2D eigenvalue weighted by atomic mass is 32.2. The Balaban J connectivity index is 0.000000351. The second-order valence-electron chi connectivity index (χ2n) is 6.46. The summed E-state index contributed by atoms with van der Waals surface area (Å²) in [6, 6.07) is 5.49. The molecule has 0 atom stereocenters. The van der Waals surface area contributed by atoms with Crippen molar-refractivity contribution in [3.05, 3.63) is 65.8 Å². The van der Waals surface area contributed by atoms with E-state index in [1.165, 1.54) is 52.8 Å². The van der Waals surface area contributed by atoms with Crippen LogP contribution in [0.2, 0.25) is 0 Å². The van der Waals surface area contributed by atoms with Crippen LogP contribution in [0.5, 0.6) is 0 Å². The molecule has 0 saturated heterocycles. The van der Waals surface area contributed by atoms with Crippen molar-refractivity contribution in [2.75, 3.05) is 6.26 Å². The molecule has 0 spiro atoms. The van der Waals surface area contributed by atoms with Gasteiger partial charge >= 0.3 is 6.18 Å². The van der Waals surface area contributed by atoms with Crippen LogP contribution in [-0.2, 0) is 16.0 Å². The number of aromatic nitrogens is 2. The predicted molar refractivity (Wildman–Crippen MR) is 110 cm³/mol. The Bertz CT molecular complexity index is 937. The number of hydrogen-bond acceptors (Lipinski definition) is 3. The molecule has 0 bridgehead atoms. The third kappa shape index (κ3) is 7.89. The molecule has 1 aliphatic rings. The lowest BCUT2D eigenvalue weighted by Crippen LogP contribution is -2.04. The second kappa shape index (κ2) is 10.4. The topological polar surface area (TPSA) is 52.0 Å². The molecule has 0 radical (unpaired) electrons. The minimum atomic E-state index is -4.50. The van der Waals surface area contributed by atoms with Crippen molar-refractivity contribution >= 4 is 9.84 Å². The monoisotopic (exact) mass is 428 g/mol. The van der Waals surface area contributed by atoms with Gasteiger partial charge in [0.05, 0.1) is 11.2 Å². The smallest absolute Gasteiger partial charge is 0.306 e. The SMILES string of the molecule is CC.CC1=CC=C(C)CC1.CS(=O)(=O)c1ccc(-n2cnc(C(F)(F)F)c2)cc1. The molecule has 0 amide bonds. The highest BCUT2D eigenvalue weighted by molar-refractivity contribution is 7.90. The number of imidazole rings is 1. The van der Waals surface area contributed by atoms with Crippen LogP contribution in [0.4, 0.5) is 13.2 Å². The number of allylic oxidation sites excluding steroid dienone is 4. The number of halogens is 3. The van der Waals surface area contributed by atoms with E-state index in [4.69, 9.17) is 0 Å². The number of benzene rings is 1. The van der Waals surface area contributed by atoms with E-state index in [0.717, 1.165) is 18.8 Å². The van der Waals surface area contributed by atoms with E-state index >= 15 is 0 Å². The summed E-state index contributed by atoms with van der Waals surface area (Å²) in [5.41, 5.74) is 2.42. The third-order valence-corrected chi connectivity index (χ3v) is 5.13. The highest BCUT2D eigenvalue weighted by Crippen LogP contribution is 2.28. The van der Waals surface area contributed by atoms with Crippen molar-refractivity contribution < 1.29 is 21.6 Å². The first-order chi connectivity index (χ1) is 13.5. The summed E-state index contributed by atoms with van der Waals surface area (Å²) in [6.07, 6.45) is 5.37. The van der Waals surface area contributed by atoms with Crippen LogP contribution in [-0.4, -0.2) is 24.2 Å². The van der Waals surface area contributed by atoms with Gasteiger partial charge in [-0.15, -0.1) is 0 Å². The van der Waals surface area contributed by atoms with Gasteiger partial charge in [-0.2, -0.15) is 13.2 Å². The van der Waals surface area contributed by atoms with Crippen molar-refractivity contribution in [2.45, 2.75) is 51.6 Å². The molecule has 160 valence electrons. The lowest BCUT2D eigenvalue weighted by atomic mass is 10.0. The van der Waals surface area contributed by atoms with Crippen LogP contribution in [0, 0.1) is 0 Å². The largest absolute Gasteiger partial charge is 0.434 e. The van der Waals surface area contributed by atoms with E-state index in [1.807, 2.05) is 13.8 Å². The molecular formula is C21H27F3N2O2S. The number of rotatable bonds is 2. The fourth-order valence-electron chi connectivity index (χ4n) is 2.32. The summed E-state index contributed by atoms with van der Waals surface area (Å²) in [6.45, 7) is 8.37. The zero-order chi connectivity index (χ0) is 22.2. The van der Waals surface area contributed by atoms with Crippen LogP contribution in [0.3, 0.4) is 0 Å². The molecule has 3 rings (SSSR count). The van der Waals surface area contributed by atoms with E-state index in [2.05, 4.69) is 31.0 Å². The average molecular weight is 429 g/mol. The van der Waals surface area contributed by atoms with Gasteiger partial charge in [0.25, 0.3) is 0 Å². The zero-order valence-electron chi connectivity index (χ0n) is 17.3. The van der Waals surface area contributed by atoms with Gasteiger partial charge in [0.1, 0.15) is 0 Å². The number of nitrogens with zero attached hydrogens (tertiary/aromatic N) is 2. The van der Waals surface area contributed by atoms with Crippen LogP contribution >= 0.6 is 0 Å². The normalized spacial score (nSPS) is 13.9. The van der Waals surface area contributed by atoms with Crippen LogP contribution in [0.15, 0.2) is 65.0 Å². The lowest BCUT2D eigenvalue weighted by Gasteiger charge is -2.05. The molecule has 29 heavy (non-hydrogen) atoms. The third-order valence-electron chi connectivity index (χ3n) is 4.00. The molecule has 1 aromatic heterocycles. The first-order valence-electron chi connectivity index (χ1n) is 9.21. The van der Waals surface area contributed by atoms with Gasteiger partial charge < -0.3 is 4.57 Å². The Morgan fingerprint density at radius 1 is 0.966 bits per heavy atom. The van der Waals surface area contributed by atoms with Crippen molar-refractivity contribution in [1.29, 1.82) is 0 Å². The molecule has 2 aromatic rings. The van der Waals surface area contributed by atoms with E-state index in [0.29, 0.717) is 5.69 Å². The summed E-state index contributed by atoms with van der Waals surface area (Å²) in [5, 5.41) is 0. The molecule has 1 aromatic carbocycles. The van der Waals surface area contributed by atoms with E-state index in [9.17, 15) is 21.6 Å². The average Bonchev–Trinajstić information content (AvgIpc) is 3.16. The molecule has 8 heteroatoms. The maximum atomic E-state index is 12.4. The first-order valence-corrected chi connectivity index (χ1v) is 11.1. The number of alkyl halides is 3. The summed E-state index contributed by atoms with van der Waals surface area (Å²) in [4.78, 5) is 3.36. The predicted octanol–water partition coefficient (Wildman–Crippen LogP) is 5.99. The summed E-state index contributed by atoms with van der Waals surface area (Å²) in [7, 11) is -3.32. The molecule has 0 fully saturated rings. The van der Waals surface area contributed by atoms with Gasteiger partial charge in [0.15, 0.2) is 15.5 Å². The van der Waals surface area contributed by atoms with Gasteiger partial charge in [-0.25, -0.2) is 13.4 Å². The fraction of sp³-hybridized carbons (Fsp3) is 0.381. The zero-order valence-corrected chi connectivity index (χ0v) is 18.1. The summed E-state index contributed by atoms with van der Waals surface area (Å²) in [5.74, 6) is 0. The molecule has 0 saturated carbocycles. The Kier molecular flexibility index (Phi) is 8.88. The number of sulfone groups is 1. The first kappa shape index (κ1) is 24.7. The van der Waals surface area contributed by atoms with Crippen LogP contribution in [0.25, 0.3) is 5.69 Å². The molecule has 0 aliphatic heterocycles. The van der Waals surface area contributed by atoms with Crippen molar-refractivity contribution in [2.24, 2.45) is 0 Å². The Labute approximate surface area is 170 Å². The minimum absolute atomic E-state index is 0.104. The van der Waals surface area contributed by atoms with Crippen LogP contribution < -0.4 is 0 Å². The lowest BCUT2D eigenvalue weighted by molar-refractivity contribution is -0.140.